The minimum atomic E-state index is -4.98. The normalized spacial score (nSPS) is 12.4. The van der Waals surface area contributed by atoms with E-state index in [9.17, 15) is 30.1 Å². The van der Waals surface area contributed by atoms with E-state index in [-0.39, 0.29) is 120 Å². The Morgan fingerprint density at radius 3 is 2.26 bits per heavy atom. The van der Waals surface area contributed by atoms with Gasteiger partial charge >= 0.3 is 103 Å². The predicted octanol–water partition coefficient (Wildman–Crippen LogP) is -6.36. The molecule has 0 aliphatic heterocycles. The molecule has 0 aliphatic carbocycles. The van der Waals surface area contributed by atoms with Gasteiger partial charge in [-0.05, 0) is 19.1 Å². The number of benzene rings is 1. The first-order valence-electron chi connectivity index (χ1n) is 6.29. The second kappa shape index (κ2) is 11.1. The van der Waals surface area contributed by atoms with Gasteiger partial charge in [-0.3, -0.25) is 4.72 Å². The zero-order chi connectivity index (χ0) is 19.0. The van der Waals surface area contributed by atoms with Crippen LogP contribution in [0.1, 0.15) is 5.69 Å². The van der Waals surface area contributed by atoms with E-state index in [1.807, 2.05) is 0 Å². The van der Waals surface area contributed by atoms with E-state index < -0.39 is 36.4 Å². The van der Waals surface area contributed by atoms with Gasteiger partial charge in [0.1, 0.15) is 33.0 Å². The third kappa shape index (κ3) is 8.50. The van der Waals surface area contributed by atoms with Crippen LogP contribution >= 0.6 is 0 Å². The Morgan fingerprint density at radius 1 is 1.19 bits per heavy atom. The smallest absolute Gasteiger partial charge is 0.744 e. The number of nitrogens with one attached hydrogen (secondary N) is 1. The number of nitrogens with zero attached hydrogens (tertiary/aromatic N) is 2. The summed E-state index contributed by atoms with van der Waals surface area (Å²) in [5, 5.41) is 3.94. The zero-order valence-corrected chi connectivity index (χ0v) is 23.4. The number of rotatable bonds is 6. The van der Waals surface area contributed by atoms with E-state index in [4.69, 9.17) is 0 Å². The average molecular weight is 488 g/mol. The minimum absolute atomic E-state index is 0. The first-order valence-corrected chi connectivity index (χ1v) is 10.6. The molecule has 0 aliphatic rings. The van der Waals surface area contributed by atoms with E-state index in [0.29, 0.717) is 5.69 Å². The summed E-state index contributed by atoms with van der Waals surface area (Å²) >= 11 is -2.94. The van der Waals surface area contributed by atoms with Gasteiger partial charge in [0.2, 0.25) is 10.0 Å². The maximum atomic E-state index is 11.5. The van der Waals surface area contributed by atoms with Crippen molar-refractivity contribution in [2.75, 3.05) is 11.0 Å². The Bertz CT molecular complexity index is 1050. The fourth-order valence-electron chi connectivity index (χ4n) is 1.95. The number of hydrogen-bond acceptors (Lipinski definition) is 9. The van der Waals surface area contributed by atoms with Gasteiger partial charge in [0.15, 0.2) is 0 Å². The second-order valence-electron chi connectivity index (χ2n) is 4.83. The van der Waals surface area contributed by atoms with E-state index in [1.165, 1.54) is 13.0 Å². The Hall–Kier alpha value is 1.27. The SMILES string of the molecule is Cc1cc(NS(C)(=O)=O)n(-c2cc(OS(=O)[O-])ccc2S(=O)(=O)[O-])n1.[K+].[K+]. The van der Waals surface area contributed by atoms with Crippen LogP contribution < -0.4 is 112 Å². The third-order valence-corrected chi connectivity index (χ3v) is 4.51. The summed E-state index contributed by atoms with van der Waals surface area (Å²) in [5.74, 6) is -0.445. The Morgan fingerprint density at radius 2 is 1.78 bits per heavy atom. The Balaban J connectivity index is 0.00000338. The molecule has 2 aromatic rings. The zero-order valence-electron chi connectivity index (χ0n) is 14.7. The van der Waals surface area contributed by atoms with Gasteiger partial charge < -0.3 is 13.3 Å². The molecule has 1 atom stereocenters. The molecule has 1 heterocycles. The molecule has 16 heteroatoms. The van der Waals surface area contributed by atoms with Gasteiger partial charge in [-0.2, -0.15) is 5.10 Å². The molecule has 27 heavy (non-hydrogen) atoms. The topological polar surface area (TPSA) is 171 Å². The summed E-state index contributed by atoms with van der Waals surface area (Å²) < 4.78 is 86.0. The summed E-state index contributed by atoms with van der Waals surface area (Å²) in [7, 11) is -8.72. The van der Waals surface area contributed by atoms with Gasteiger partial charge in [-0.25, -0.2) is 25.7 Å². The Labute approximate surface area is 243 Å². The van der Waals surface area contributed by atoms with Crippen molar-refractivity contribution in [1.29, 1.82) is 0 Å². The summed E-state index contributed by atoms with van der Waals surface area (Å²) in [4.78, 5) is -0.740. The molecular formula is C11H11K2N3O8S3. The van der Waals surface area contributed by atoms with Crippen molar-refractivity contribution in [3.63, 3.8) is 0 Å². The number of hydrogen-bond donors (Lipinski definition) is 1. The molecule has 1 N–H and O–H groups in total. The van der Waals surface area contributed by atoms with Crippen molar-refractivity contribution < 1.29 is 137 Å². The monoisotopic (exact) mass is 487 g/mol. The molecule has 2 rings (SSSR count). The quantitative estimate of drug-likeness (QED) is 0.236. The van der Waals surface area contributed by atoms with Crippen molar-refractivity contribution in [2.24, 2.45) is 0 Å². The van der Waals surface area contributed by atoms with Crippen LogP contribution in [0.15, 0.2) is 29.2 Å². The third-order valence-electron chi connectivity index (χ3n) is 2.71. The van der Waals surface area contributed by atoms with Crippen LogP contribution in [0.5, 0.6) is 5.75 Å². The summed E-state index contributed by atoms with van der Waals surface area (Å²) in [5.41, 5.74) is -0.0729. The fourth-order valence-corrected chi connectivity index (χ4v) is 3.37. The number of anilines is 1. The van der Waals surface area contributed by atoms with E-state index in [1.54, 1.807) is 0 Å². The van der Waals surface area contributed by atoms with Gasteiger partial charge in [-0.1, -0.05) is 0 Å². The summed E-state index contributed by atoms with van der Waals surface area (Å²) in [6.07, 6.45) is 0.866. The maximum Gasteiger partial charge on any atom is 1.00 e. The molecule has 1 unspecified atom stereocenters. The maximum absolute atomic E-state index is 11.5. The van der Waals surface area contributed by atoms with Crippen LogP contribution in [0, 0.1) is 6.92 Å². The first kappa shape index (κ1) is 28.3. The van der Waals surface area contributed by atoms with Crippen LogP contribution in [0.25, 0.3) is 5.69 Å². The molecule has 0 amide bonds. The van der Waals surface area contributed by atoms with Gasteiger partial charge in [-0.15, -0.1) is 0 Å². The molecule has 138 valence electrons. The molecule has 0 saturated heterocycles. The van der Waals surface area contributed by atoms with E-state index >= 15 is 0 Å². The standard InChI is InChI=1S/C11H13N3O8S3.2K/c1-7-5-11(13-24(2,17)18)14(12-7)9-6-8(22-23(15)16)3-4-10(9)25(19,20)21;;/h3-6,13H,1-2H3,(H,15,16)(H,19,20,21);;/q;2*+1/p-2. The molecule has 1 aromatic heterocycles. The van der Waals surface area contributed by atoms with Gasteiger partial charge in [0.05, 0.1) is 22.5 Å². The van der Waals surface area contributed by atoms with Crippen molar-refractivity contribution >= 4 is 37.3 Å². The van der Waals surface area contributed by atoms with Crippen molar-refractivity contribution in [3.8, 4) is 11.4 Å². The van der Waals surface area contributed by atoms with Crippen LogP contribution in [-0.2, 0) is 31.5 Å². The minimum Gasteiger partial charge on any atom is -0.744 e. The van der Waals surface area contributed by atoms with Crippen LogP contribution in [0.4, 0.5) is 5.82 Å². The molecule has 0 fully saturated rings. The average Bonchev–Trinajstić information content (AvgIpc) is 2.75. The number of sulfonamides is 1. The van der Waals surface area contributed by atoms with Crippen molar-refractivity contribution in [2.45, 2.75) is 11.8 Å². The first-order chi connectivity index (χ1) is 11.4. The second-order valence-corrected chi connectivity index (χ2v) is 8.50. The van der Waals surface area contributed by atoms with Gasteiger partial charge in [0, 0.05) is 12.1 Å². The van der Waals surface area contributed by atoms with Crippen molar-refractivity contribution in [3.05, 3.63) is 30.0 Å². The summed E-state index contributed by atoms with van der Waals surface area (Å²) in [6, 6.07) is 4.02. The molecule has 0 saturated carbocycles. The van der Waals surface area contributed by atoms with Crippen molar-refractivity contribution in [1.82, 2.24) is 9.78 Å². The van der Waals surface area contributed by atoms with Crippen LogP contribution in [0.2, 0.25) is 0 Å². The largest absolute Gasteiger partial charge is 1.00 e. The Kier molecular flexibility index (Phi) is 11.6. The molecule has 1 aromatic carbocycles. The number of aryl methyl sites for hydroxylation is 1. The molecule has 0 radical (unpaired) electrons. The molecule has 0 bridgehead atoms. The molecule has 0 spiro atoms. The summed E-state index contributed by atoms with van der Waals surface area (Å²) in [6.45, 7) is 1.50. The molecular weight excluding hydrogens is 477 g/mol. The number of aromatic nitrogens is 2. The van der Waals surface area contributed by atoms with Crippen LogP contribution in [0.3, 0.4) is 0 Å². The van der Waals surface area contributed by atoms with Gasteiger partial charge in [0.25, 0.3) is 0 Å². The predicted molar refractivity (Wildman–Crippen MR) is 84.3 cm³/mol. The molecule has 11 nitrogen and oxygen atoms in total. The van der Waals surface area contributed by atoms with E-state index in [2.05, 4.69) is 14.0 Å². The van der Waals surface area contributed by atoms with Crippen LogP contribution in [-0.4, -0.2) is 46.2 Å². The fraction of sp³-hybridized carbons (Fsp3) is 0.182. The van der Waals surface area contributed by atoms with E-state index in [0.717, 1.165) is 29.1 Å².